The number of piperidine rings is 1. The van der Waals surface area contributed by atoms with Crippen molar-refractivity contribution in [3.63, 3.8) is 0 Å². The molecule has 1 aromatic heterocycles. The summed E-state index contributed by atoms with van der Waals surface area (Å²) in [6.45, 7) is 4.45. The van der Waals surface area contributed by atoms with Crippen LogP contribution in [0.5, 0.6) is 5.75 Å². The minimum Gasteiger partial charge on any atom is -0.497 e. The molecule has 9 nitrogen and oxygen atoms in total. The molecule has 0 saturated carbocycles. The first-order valence-electron chi connectivity index (χ1n) is 20.5. The van der Waals surface area contributed by atoms with Crippen LogP contribution in [0.1, 0.15) is 28.7 Å². The summed E-state index contributed by atoms with van der Waals surface area (Å²) < 4.78 is 34.7. The number of benzene rings is 6. The highest BCUT2D eigenvalue weighted by Crippen LogP contribution is 2.30. The maximum atomic E-state index is 7.00. The molecule has 0 N–H and O–H groups in total. The number of aryl methyl sites for hydroxylation is 1. The Bertz CT molecular complexity index is 2310. The van der Waals surface area contributed by atoms with Gasteiger partial charge in [0.05, 0.1) is 58.5 Å². The lowest BCUT2D eigenvalue weighted by atomic mass is 9.92. The first-order chi connectivity index (χ1) is 29.2. The minimum absolute atomic E-state index is 0.109. The molecule has 2 heterocycles. The number of rotatable bonds is 19. The van der Waals surface area contributed by atoms with Gasteiger partial charge in [0, 0.05) is 25.2 Å². The Morgan fingerprint density at radius 3 is 1.76 bits per heavy atom. The van der Waals surface area contributed by atoms with Gasteiger partial charge in [-0.1, -0.05) is 145 Å². The Labute approximate surface area is 347 Å². The number of likely N-dealkylation sites (tertiary alicyclic amines) is 1. The molecular weight excluding hydrogens is 737 g/mol. The monoisotopic (exact) mass is 788 g/mol. The Morgan fingerprint density at radius 2 is 1.14 bits per heavy atom. The predicted octanol–water partition coefficient (Wildman–Crippen LogP) is 9.15. The summed E-state index contributed by atoms with van der Waals surface area (Å²) in [7, 11) is 1.69. The van der Waals surface area contributed by atoms with Gasteiger partial charge in [0.1, 0.15) is 23.7 Å². The van der Waals surface area contributed by atoms with E-state index >= 15 is 0 Å². The van der Waals surface area contributed by atoms with E-state index in [-0.39, 0.29) is 24.4 Å². The van der Waals surface area contributed by atoms with Crippen molar-refractivity contribution in [2.24, 2.45) is 0 Å². The number of ether oxygens (including phenoxy) is 5. The van der Waals surface area contributed by atoms with Crippen molar-refractivity contribution in [1.29, 1.82) is 0 Å². The van der Waals surface area contributed by atoms with Crippen LogP contribution >= 0.6 is 0 Å². The Balaban J connectivity index is 1.04. The average Bonchev–Trinajstić information content (AvgIpc) is 3.77. The van der Waals surface area contributed by atoms with E-state index in [1.165, 1.54) is 0 Å². The maximum absolute atomic E-state index is 7.00. The molecule has 0 radical (unpaired) electrons. The first kappa shape index (κ1) is 40.1. The zero-order chi connectivity index (χ0) is 40.1. The van der Waals surface area contributed by atoms with Crippen LogP contribution < -0.4 is 4.74 Å². The quantitative estimate of drug-likeness (QED) is 0.0804. The lowest BCUT2D eigenvalue weighted by Gasteiger charge is -2.48. The van der Waals surface area contributed by atoms with Gasteiger partial charge in [-0.3, -0.25) is 9.58 Å². The standard InChI is InChI=1S/C50H52N4O5/c1-55-45-26-25-42-29-44(24-23-43(42)30-45)46-31-54(52-51-46)28-14-27-53-32-48(57-34-39-17-8-3-9-18-39)50(59-36-41-21-12-5-13-22-41)49(58-35-40-19-10-4-11-20-40)47(53)37-56-33-38-15-6-2-7-16-38/h2-13,15-26,29-31,47-50H,14,27-28,32-37H2,1H3/t47-,48+,49-,50-/m1/s1. The zero-order valence-corrected chi connectivity index (χ0v) is 33.6. The lowest BCUT2D eigenvalue weighted by Crippen LogP contribution is -2.64. The highest BCUT2D eigenvalue weighted by atomic mass is 16.6. The summed E-state index contributed by atoms with van der Waals surface area (Å²) in [6.07, 6.45) is 1.89. The maximum Gasteiger partial charge on any atom is 0.119 e. The SMILES string of the molecule is COc1ccc2cc(-c3cn(CCCN4C[C@H](OCc5ccccc5)[C@@H](OCc5ccccc5)[C@H](OCc5ccccc5)[C@H]4COCc4ccccc4)nn3)ccc2c1. The van der Waals surface area contributed by atoms with Crippen molar-refractivity contribution in [2.75, 3.05) is 26.8 Å². The van der Waals surface area contributed by atoms with Gasteiger partial charge in [0.2, 0.25) is 0 Å². The number of aromatic nitrogens is 3. The van der Waals surface area contributed by atoms with Crippen molar-refractivity contribution in [2.45, 2.75) is 63.7 Å². The zero-order valence-electron chi connectivity index (χ0n) is 33.6. The van der Waals surface area contributed by atoms with Gasteiger partial charge in [-0.25, -0.2) is 0 Å². The van der Waals surface area contributed by atoms with Crippen LogP contribution in [0.3, 0.4) is 0 Å². The van der Waals surface area contributed by atoms with Gasteiger partial charge in [0.15, 0.2) is 0 Å². The van der Waals surface area contributed by atoms with Crippen LogP contribution in [-0.4, -0.2) is 71.1 Å². The number of hydrogen-bond donors (Lipinski definition) is 0. The third kappa shape index (κ3) is 10.9. The van der Waals surface area contributed by atoms with Gasteiger partial charge >= 0.3 is 0 Å². The fraction of sp³-hybridized carbons (Fsp3) is 0.280. The van der Waals surface area contributed by atoms with E-state index in [1.54, 1.807) is 7.11 Å². The second kappa shape index (κ2) is 20.3. The fourth-order valence-corrected chi connectivity index (χ4v) is 7.79. The molecule has 9 heteroatoms. The van der Waals surface area contributed by atoms with Crippen molar-refractivity contribution in [3.8, 4) is 17.0 Å². The summed E-state index contributed by atoms with van der Waals surface area (Å²) in [5.41, 5.74) is 6.32. The molecule has 1 aliphatic rings. The molecule has 6 aromatic carbocycles. The van der Waals surface area contributed by atoms with Gasteiger partial charge in [-0.2, -0.15) is 0 Å². The van der Waals surface area contributed by atoms with E-state index in [1.807, 2.05) is 83.7 Å². The van der Waals surface area contributed by atoms with Gasteiger partial charge in [-0.15, -0.1) is 5.10 Å². The Kier molecular flexibility index (Phi) is 13.8. The molecule has 7 aromatic rings. The second-order valence-corrected chi connectivity index (χ2v) is 15.1. The Hall–Kier alpha value is -5.68. The van der Waals surface area contributed by atoms with E-state index in [4.69, 9.17) is 23.7 Å². The normalized spacial score (nSPS) is 18.3. The number of hydrogen-bond acceptors (Lipinski definition) is 8. The summed E-state index contributed by atoms with van der Waals surface area (Å²) in [5.74, 6) is 0.841. The molecule has 59 heavy (non-hydrogen) atoms. The summed E-state index contributed by atoms with van der Waals surface area (Å²) in [4.78, 5) is 2.48. The van der Waals surface area contributed by atoms with Crippen molar-refractivity contribution in [1.82, 2.24) is 19.9 Å². The third-order valence-corrected chi connectivity index (χ3v) is 10.9. The fourth-order valence-electron chi connectivity index (χ4n) is 7.79. The topological polar surface area (TPSA) is 80.1 Å². The van der Waals surface area contributed by atoms with E-state index in [9.17, 15) is 0 Å². The molecule has 1 fully saturated rings. The number of fused-ring (bicyclic) bond motifs is 1. The smallest absolute Gasteiger partial charge is 0.119 e. The number of methoxy groups -OCH3 is 1. The van der Waals surface area contributed by atoms with E-state index < -0.39 is 0 Å². The van der Waals surface area contributed by atoms with E-state index in [2.05, 4.69) is 100 Å². The highest BCUT2D eigenvalue weighted by Gasteiger charge is 2.46. The molecule has 1 aliphatic heterocycles. The second-order valence-electron chi connectivity index (χ2n) is 15.1. The van der Waals surface area contributed by atoms with Crippen LogP contribution in [0.15, 0.2) is 164 Å². The van der Waals surface area contributed by atoms with E-state index in [0.29, 0.717) is 46.1 Å². The van der Waals surface area contributed by atoms with Crippen molar-refractivity contribution >= 4 is 10.8 Å². The molecule has 8 rings (SSSR count). The Morgan fingerprint density at radius 1 is 0.576 bits per heavy atom. The summed E-state index contributed by atoms with van der Waals surface area (Å²) in [6, 6.07) is 53.7. The molecule has 0 unspecified atom stereocenters. The molecule has 302 valence electrons. The minimum atomic E-state index is -0.356. The molecule has 4 atom stereocenters. The molecular formula is C50H52N4O5. The van der Waals surface area contributed by atoms with Crippen LogP contribution in [-0.2, 0) is 51.9 Å². The highest BCUT2D eigenvalue weighted by molar-refractivity contribution is 5.87. The average molecular weight is 789 g/mol. The van der Waals surface area contributed by atoms with Gasteiger partial charge in [-0.05, 0) is 57.6 Å². The molecule has 0 bridgehead atoms. The summed E-state index contributed by atoms with van der Waals surface area (Å²) in [5, 5.41) is 11.3. The molecule has 0 aliphatic carbocycles. The van der Waals surface area contributed by atoms with Crippen molar-refractivity contribution in [3.05, 3.63) is 186 Å². The van der Waals surface area contributed by atoms with Crippen molar-refractivity contribution < 1.29 is 23.7 Å². The van der Waals surface area contributed by atoms with Gasteiger partial charge < -0.3 is 23.7 Å². The predicted molar refractivity (Wildman–Crippen MR) is 231 cm³/mol. The first-order valence-corrected chi connectivity index (χ1v) is 20.5. The molecule has 1 saturated heterocycles. The third-order valence-electron chi connectivity index (χ3n) is 10.9. The summed E-state index contributed by atoms with van der Waals surface area (Å²) >= 11 is 0. The number of nitrogens with zero attached hydrogens (tertiary/aromatic N) is 4. The van der Waals surface area contributed by atoms with Crippen LogP contribution in [0, 0.1) is 0 Å². The van der Waals surface area contributed by atoms with Crippen LogP contribution in [0.2, 0.25) is 0 Å². The van der Waals surface area contributed by atoms with Crippen LogP contribution in [0.25, 0.3) is 22.0 Å². The molecule has 0 amide bonds. The van der Waals surface area contributed by atoms with Crippen LogP contribution in [0.4, 0.5) is 0 Å². The lowest BCUT2D eigenvalue weighted by molar-refractivity contribution is -0.210. The van der Waals surface area contributed by atoms with Gasteiger partial charge in [0.25, 0.3) is 0 Å². The molecule has 0 spiro atoms. The largest absolute Gasteiger partial charge is 0.497 e. The van der Waals surface area contributed by atoms with E-state index in [0.717, 1.165) is 63.0 Å².